The summed E-state index contributed by atoms with van der Waals surface area (Å²) in [5, 5.41) is 12.2. The molecule has 0 spiro atoms. The van der Waals surface area contributed by atoms with Crippen molar-refractivity contribution >= 4 is 23.6 Å². The molecule has 1 N–H and O–H groups in total. The zero-order valence-corrected chi connectivity index (χ0v) is 17.6. The fraction of sp³-hybridized carbons (Fsp3) is 0.115. The molecule has 3 rings (SSSR count). The molecule has 0 heterocycles. The first kappa shape index (κ1) is 22.3. The highest BCUT2D eigenvalue weighted by Crippen LogP contribution is 2.23. The van der Waals surface area contributed by atoms with E-state index in [1.54, 1.807) is 43.3 Å². The molecule has 3 aromatic rings. The highest BCUT2D eigenvalue weighted by molar-refractivity contribution is 6.10. The highest BCUT2D eigenvalue weighted by Gasteiger charge is 2.12. The number of nitrogens with zero attached hydrogens (tertiary/aromatic N) is 1. The van der Waals surface area contributed by atoms with E-state index in [1.165, 1.54) is 6.08 Å². The third-order valence-electron chi connectivity index (χ3n) is 4.47. The average molecular weight is 426 g/mol. The van der Waals surface area contributed by atoms with Gasteiger partial charge in [-0.05, 0) is 48.9 Å². The van der Waals surface area contributed by atoms with Gasteiger partial charge in [0.1, 0.15) is 24.0 Å². The Kier molecular flexibility index (Phi) is 7.77. The van der Waals surface area contributed by atoms with Gasteiger partial charge in [0, 0.05) is 11.3 Å². The van der Waals surface area contributed by atoms with Crippen molar-refractivity contribution in [2.24, 2.45) is 0 Å². The summed E-state index contributed by atoms with van der Waals surface area (Å²) in [6.07, 6.45) is 1.49. The third kappa shape index (κ3) is 6.07. The first-order valence-electron chi connectivity index (χ1n) is 10.1. The zero-order valence-electron chi connectivity index (χ0n) is 17.6. The van der Waals surface area contributed by atoms with Crippen LogP contribution in [-0.4, -0.2) is 18.5 Å². The standard InChI is InChI=1S/C26H22N2O4/c1-2-31-26(30)20-12-14-23(15-13-20)28-25(29)22(17-27)16-21-10-6-7-11-24(21)32-18-19-8-4-3-5-9-19/h3-16H,2,18H2,1H3,(H,28,29)/b22-16+. The van der Waals surface area contributed by atoms with Crippen LogP contribution in [-0.2, 0) is 16.1 Å². The largest absolute Gasteiger partial charge is 0.488 e. The van der Waals surface area contributed by atoms with Gasteiger partial charge in [0.15, 0.2) is 0 Å². The second-order valence-corrected chi connectivity index (χ2v) is 6.73. The number of benzene rings is 3. The summed E-state index contributed by atoms with van der Waals surface area (Å²) >= 11 is 0. The van der Waals surface area contributed by atoms with Crippen molar-refractivity contribution in [3.05, 3.63) is 101 Å². The van der Waals surface area contributed by atoms with Crippen LogP contribution < -0.4 is 10.1 Å². The Hall–Kier alpha value is -4.37. The number of hydrogen-bond acceptors (Lipinski definition) is 5. The Bertz CT molecular complexity index is 1150. The van der Waals surface area contributed by atoms with E-state index in [2.05, 4.69) is 5.32 Å². The lowest BCUT2D eigenvalue weighted by Gasteiger charge is -2.10. The zero-order chi connectivity index (χ0) is 22.8. The van der Waals surface area contributed by atoms with Crippen LogP contribution >= 0.6 is 0 Å². The summed E-state index contributed by atoms with van der Waals surface area (Å²) in [7, 11) is 0. The molecule has 0 aromatic heterocycles. The Balaban J connectivity index is 1.72. The number of nitriles is 1. The van der Waals surface area contributed by atoms with E-state index in [4.69, 9.17) is 9.47 Å². The molecule has 0 aliphatic carbocycles. The van der Waals surface area contributed by atoms with Crippen LogP contribution in [0.2, 0.25) is 0 Å². The molecule has 0 radical (unpaired) electrons. The maximum Gasteiger partial charge on any atom is 0.338 e. The van der Waals surface area contributed by atoms with Gasteiger partial charge in [0.05, 0.1) is 12.2 Å². The topological polar surface area (TPSA) is 88.4 Å². The number of amides is 1. The molecular formula is C26H22N2O4. The fourth-order valence-corrected chi connectivity index (χ4v) is 2.87. The number of anilines is 1. The van der Waals surface area contributed by atoms with Gasteiger partial charge in [0.25, 0.3) is 5.91 Å². The van der Waals surface area contributed by atoms with Gasteiger partial charge >= 0.3 is 5.97 Å². The van der Waals surface area contributed by atoms with Crippen LogP contribution in [0.15, 0.2) is 84.4 Å². The predicted molar refractivity (Wildman–Crippen MR) is 122 cm³/mol. The molecule has 0 fully saturated rings. The fourth-order valence-electron chi connectivity index (χ4n) is 2.87. The summed E-state index contributed by atoms with van der Waals surface area (Å²) in [5.74, 6) is -0.431. The lowest BCUT2D eigenvalue weighted by molar-refractivity contribution is -0.112. The molecule has 0 saturated carbocycles. The maximum atomic E-state index is 12.6. The molecule has 160 valence electrons. The number of rotatable bonds is 8. The van der Waals surface area contributed by atoms with Crippen molar-refractivity contribution in [3.8, 4) is 11.8 Å². The molecule has 6 heteroatoms. The van der Waals surface area contributed by atoms with Crippen LogP contribution in [0.3, 0.4) is 0 Å². The van der Waals surface area contributed by atoms with Gasteiger partial charge in [-0.25, -0.2) is 4.79 Å². The Morgan fingerprint density at radius 3 is 2.34 bits per heavy atom. The van der Waals surface area contributed by atoms with Crippen molar-refractivity contribution in [2.75, 3.05) is 11.9 Å². The molecule has 0 atom stereocenters. The van der Waals surface area contributed by atoms with Crippen LogP contribution in [0.1, 0.15) is 28.4 Å². The summed E-state index contributed by atoms with van der Waals surface area (Å²) in [6, 6.07) is 25.1. The smallest absolute Gasteiger partial charge is 0.338 e. The van der Waals surface area contributed by atoms with Crippen molar-refractivity contribution < 1.29 is 19.1 Å². The van der Waals surface area contributed by atoms with Gasteiger partial charge in [-0.1, -0.05) is 48.5 Å². The Morgan fingerprint density at radius 2 is 1.66 bits per heavy atom. The third-order valence-corrected chi connectivity index (χ3v) is 4.47. The Labute approximate surface area is 186 Å². The van der Waals surface area contributed by atoms with Crippen LogP contribution in [0.25, 0.3) is 6.08 Å². The molecule has 1 amide bonds. The maximum absolute atomic E-state index is 12.6. The molecule has 0 aliphatic heterocycles. The van der Waals surface area contributed by atoms with E-state index in [1.807, 2.05) is 48.5 Å². The number of para-hydroxylation sites is 1. The van der Waals surface area contributed by atoms with E-state index in [9.17, 15) is 14.9 Å². The average Bonchev–Trinajstić information content (AvgIpc) is 2.83. The minimum Gasteiger partial charge on any atom is -0.488 e. The number of carbonyl (C=O) groups is 2. The lowest BCUT2D eigenvalue weighted by atomic mass is 10.1. The minimum atomic E-state index is -0.561. The van der Waals surface area contributed by atoms with E-state index >= 15 is 0 Å². The molecule has 0 saturated heterocycles. The number of ether oxygens (including phenoxy) is 2. The van der Waals surface area contributed by atoms with Gasteiger partial charge in [0.2, 0.25) is 0 Å². The SMILES string of the molecule is CCOC(=O)c1ccc(NC(=O)/C(C#N)=C/c2ccccc2OCc2ccccc2)cc1. The van der Waals surface area contributed by atoms with E-state index in [0.717, 1.165) is 5.56 Å². The van der Waals surface area contributed by atoms with Crippen molar-refractivity contribution in [1.82, 2.24) is 0 Å². The summed E-state index contributed by atoms with van der Waals surface area (Å²) in [5.41, 5.74) is 2.39. The molecule has 0 bridgehead atoms. The molecule has 32 heavy (non-hydrogen) atoms. The molecule has 6 nitrogen and oxygen atoms in total. The van der Waals surface area contributed by atoms with Crippen LogP contribution in [0, 0.1) is 11.3 Å². The number of nitrogens with one attached hydrogen (secondary N) is 1. The molecule has 0 unspecified atom stereocenters. The Morgan fingerprint density at radius 1 is 0.969 bits per heavy atom. The van der Waals surface area contributed by atoms with E-state index in [-0.39, 0.29) is 12.2 Å². The van der Waals surface area contributed by atoms with E-state index < -0.39 is 11.9 Å². The number of esters is 1. The van der Waals surface area contributed by atoms with Crippen molar-refractivity contribution in [1.29, 1.82) is 5.26 Å². The molecule has 0 aliphatic rings. The van der Waals surface area contributed by atoms with Gasteiger partial charge in [-0.3, -0.25) is 4.79 Å². The van der Waals surface area contributed by atoms with Crippen LogP contribution in [0.4, 0.5) is 5.69 Å². The summed E-state index contributed by atoms with van der Waals surface area (Å²) < 4.78 is 10.8. The summed E-state index contributed by atoms with van der Waals surface area (Å²) in [4.78, 5) is 24.4. The predicted octanol–water partition coefficient (Wildman–Crippen LogP) is 4.99. The first-order chi connectivity index (χ1) is 15.6. The monoisotopic (exact) mass is 426 g/mol. The van der Waals surface area contributed by atoms with Gasteiger partial charge in [-0.15, -0.1) is 0 Å². The lowest BCUT2D eigenvalue weighted by Crippen LogP contribution is -2.13. The minimum absolute atomic E-state index is 0.0739. The second-order valence-electron chi connectivity index (χ2n) is 6.73. The van der Waals surface area contributed by atoms with E-state index in [0.29, 0.717) is 29.2 Å². The highest BCUT2D eigenvalue weighted by atomic mass is 16.5. The van der Waals surface area contributed by atoms with Gasteiger partial charge < -0.3 is 14.8 Å². The number of carbonyl (C=O) groups excluding carboxylic acids is 2. The van der Waals surface area contributed by atoms with Crippen LogP contribution in [0.5, 0.6) is 5.75 Å². The van der Waals surface area contributed by atoms with Crippen molar-refractivity contribution in [3.63, 3.8) is 0 Å². The second kappa shape index (κ2) is 11.1. The molecular weight excluding hydrogens is 404 g/mol. The quantitative estimate of drug-likeness (QED) is 0.311. The molecule has 3 aromatic carbocycles. The normalized spacial score (nSPS) is 10.7. The number of hydrogen-bond donors (Lipinski definition) is 1. The summed E-state index contributed by atoms with van der Waals surface area (Å²) in [6.45, 7) is 2.38. The van der Waals surface area contributed by atoms with Gasteiger partial charge in [-0.2, -0.15) is 5.26 Å². The van der Waals surface area contributed by atoms with Crippen molar-refractivity contribution in [2.45, 2.75) is 13.5 Å². The first-order valence-corrected chi connectivity index (χ1v) is 10.1.